The molecule has 1 aromatic carbocycles. The average molecular weight is 454 g/mol. The first-order valence-electron chi connectivity index (χ1n) is 11.2. The van der Waals surface area contributed by atoms with E-state index in [-0.39, 0.29) is 12.6 Å². The fourth-order valence-electron chi connectivity index (χ4n) is 3.90. The van der Waals surface area contributed by atoms with Crippen molar-refractivity contribution in [3.8, 4) is 28.4 Å². The lowest BCUT2D eigenvalue weighted by atomic mass is 10.0. The first-order chi connectivity index (χ1) is 16.0. The zero-order valence-corrected chi connectivity index (χ0v) is 19.5. The smallest absolute Gasteiger partial charge is 0.162 e. The molecule has 3 N–H and O–H groups in total. The number of rotatable bonds is 9. The minimum atomic E-state index is -0.593. The number of benzene rings is 1. The fourth-order valence-corrected chi connectivity index (χ4v) is 3.90. The normalized spacial score (nSPS) is 16.7. The van der Waals surface area contributed by atoms with E-state index in [2.05, 4.69) is 15.8 Å². The molecule has 1 aliphatic heterocycles. The maximum absolute atomic E-state index is 9.95. The second-order valence-corrected chi connectivity index (χ2v) is 8.32. The summed E-state index contributed by atoms with van der Waals surface area (Å²) in [6.45, 7) is 7.85. The molecule has 0 spiro atoms. The zero-order chi connectivity index (χ0) is 23.4. The van der Waals surface area contributed by atoms with E-state index in [1.54, 1.807) is 7.05 Å². The average Bonchev–Trinajstić information content (AvgIpc) is 3.44. The van der Waals surface area contributed by atoms with E-state index in [4.69, 9.17) is 24.0 Å². The monoisotopic (exact) mass is 453 g/mol. The molecule has 0 aliphatic carbocycles. The van der Waals surface area contributed by atoms with Crippen LogP contribution in [0.2, 0.25) is 0 Å². The van der Waals surface area contributed by atoms with Crippen LogP contribution in [0.5, 0.6) is 5.75 Å². The summed E-state index contributed by atoms with van der Waals surface area (Å²) >= 11 is 0. The summed E-state index contributed by atoms with van der Waals surface area (Å²) in [5.41, 5.74) is 4.20. The number of nitrogens with zero attached hydrogens (tertiary/aromatic N) is 3. The van der Waals surface area contributed by atoms with Gasteiger partial charge in [-0.3, -0.25) is 0 Å². The summed E-state index contributed by atoms with van der Waals surface area (Å²) in [6.07, 6.45) is 0.336. The van der Waals surface area contributed by atoms with Gasteiger partial charge in [0.25, 0.3) is 0 Å². The first-order valence-corrected chi connectivity index (χ1v) is 11.2. The third kappa shape index (κ3) is 5.32. The summed E-state index contributed by atoms with van der Waals surface area (Å²) in [6, 6.07) is 7.78. The maximum atomic E-state index is 9.95. The summed E-state index contributed by atoms with van der Waals surface area (Å²) in [7, 11) is 1.79. The molecule has 176 valence electrons. The van der Waals surface area contributed by atoms with E-state index in [1.165, 1.54) is 0 Å². The van der Waals surface area contributed by atoms with Crippen molar-refractivity contribution in [3.05, 3.63) is 41.3 Å². The number of likely N-dealkylation sites (N-methyl/N-ethyl adjacent to an activating group) is 1. The Labute approximate surface area is 193 Å². The van der Waals surface area contributed by atoms with Crippen molar-refractivity contribution in [1.29, 1.82) is 0 Å². The Kier molecular flexibility index (Phi) is 7.22. The van der Waals surface area contributed by atoms with Gasteiger partial charge in [0.05, 0.1) is 29.6 Å². The standard InChI is InChI=1S/C24H31N5O4/c1-14-22(21-15(2)29-33-16(21)3)27-24(28-23(14)26-18-8-9-31-12-18)17-6-5-7-20(10-17)32-13-19(30)11-25-4/h5-7,10,18-19,25,30H,8-9,11-13H2,1-4H3,(H,26,27,28)/t18-,19?/m1/s1. The van der Waals surface area contributed by atoms with Crippen molar-refractivity contribution in [2.45, 2.75) is 39.3 Å². The van der Waals surface area contributed by atoms with Crippen molar-refractivity contribution in [3.63, 3.8) is 0 Å². The van der Waals surface area contributed by atoms with E-state index < -0.39 is 6.10 Å². The Morgan fingerprint density at radius 3 is 2.79 bits per heavy atom. The van der Waals surface area contributed by atoms with E-state index >= 15 is 0 Å². The predicted octanol–water partition coefficient (Wildman–Crippen LogP) is 2.88. The number of hydrogen-bond donors (Lipinski definition) is 3. The van der Waals surface area contributed by atoms with Crippen LogP contribution in [0.4, 0.5) is 5.82 Å². The molecular formula is C24H31N5O4. The molecule has 9 nitrogen and oxygen atoms in total. The highest BCUT2D eigenvalue weighted by atomic mass is 16.5. The van der Waals surface area contributed by atoms with Gasteiger partial charge in [-0.25, -0.2) is 9.97 Å². The van der Waals surface area contributed by atoms with Crippen molar-refractivity contribution in [1.82, 2.24) is 20.4 Å². The lowest BCUT2D eigenvalue weighted by Gasteiger charge is -2.17. The van der Waals surface area contributed by atoms with E-state index in [0.29, 0.717) is 30.5 Å². The third-order valence-electron chi connectivity index (χ3n) is 5.66. The van der Waals surface area contributed by atoms with Crippen LogP contribution in [0, 0.1) is 20.8 Å². The van der Waals surface area contributed by atoms with Crippen molar-refractivity contribution in [2.75, 3.05) is 38.7 Å². The summed E-state index contributed by atoms with van der Waals surface area (Å²) in [5.74, 6) is 2.69. The number of aromatic nitrogens is 3. The Morgan fingerprint density at radius 1 is 1.24 bits per heavy atom. The van der Waals surface area contributed by atoms with Crippen molar-refractivity contribution in [2.24, 2.45) is 0 Å². The predicted molar refractivity (Wildman–Crippen MR) is 125 cm³/mol. The van der Waals surface area contributed by atoms with Crippen LogP contribution < -0.4 is 15.4 Å². The number of aliphatic hydroxyl groups is 1. The molecule has 0 amide bonds. The molecule has 2 atom stereocenters. The largest absolute Gasteiger partial charge is 0.491 e. The minimum Gasteiger partial charge on any atom is -0.491 e. The van der Waals surface area contributed by atoms with Gasteiger partial charge in [0.1, 0.15) is 30.0 Å². The maximum Gasteiger partial charge on any atom is 0.162 e. The van der Waals surface area contributed by atoms with Gasteiger partial charge in [-0.2, -0.15) is 0 Å². The Bertz CT molecular complexity index is 1070. The van der Waals surface area contributed by atoms with Crippen molar-refractivity contribution >= 4 is 5.82 Å². The summed E-state index contributed by atoms with van der Waals surface area (Å²) < 4.78 is 16.7. The second kappa shape index (κ2) is 10.3. The Morgan fingerprint density at radius 2 is 2.09 bits per heavy atom. The van der Waals surface area contributed by atoms with Crippen LogP contribution in [-0.4, -0.2) is 65.8 Å². The van der Waals surface area contributed by atoms with Gasteiger partial charge in [0.2, 0.25) is 0 Å². The molecule has 9 heteroatoms. The second-order valence-electron chi connectivity index (χ2n) is 8.32. The number of aryl methyl sites for hydroxylation is 2. The lowest BCUT2D eigenvalue weighted by molar-refractivity contribution is 0.108. The van der Waals surface area contributed by atoms with Gasteiger partial charge in [0.15, 0.2) is 5.82 Å². The van der Waals surface area contributed by atoms with Gasteiger partial charge in [-0.05, 0) is 46.4 Å². The third-order valence-corrected chi connectivity index (χ3v) is 5.66. The van der Waals surface area contributed by atoms with E-state index in [0.717, 1.165) is 46.9 Å². The highest BCUT2D eigenvalue weighted by molar-refractivity contribution is 5.74. The molecule has 1 aliphatic rings. The SMILES string of the molecule is CNCC(O)COc1cccc(-c2nc(N[C@@H]3CCOC3)c(C)c(-c3c(C)noc3C)n2)c1. The van der Waals surface area contributed by atoms with Gasteiger partial charge in [0, 0.05) is 24.3 Å². The number of hydrogen-bond acceptors (Lipinski definition) is 9. The van der Waals surface area contributed by atoms with Gasteiger partial charge < -0.3 is 29.7 Å². The topological polar surface area (TPSA) is 115 Å². The van der Waals surface area contributed by atoms with Crippen LogP contribution in [0.25, 0.3) is 22.6 Å². The quantitative estimate of drug-likeness (QED) is 0.450. The zero-order valence-electron chi connectivity index (χ0n) is 19.5. The van der Waals surface area contributed by atoms with E-state index in [9.17, 15) is 5.11 Å². The molecule has 1 unspecified atom stereocenters. The van der Waals surface area contributed by atoms with Crippen molar-refractivity contribution < 1.29 is 19.1 Å². The molecule has 0 saturated carbocycles. The molecule has 2 aromatic heterocycles. The van der Waals surface area contributed by atoms with Gasteiger partial charge >= 0.3 is 0 Å². The Hall–Kier alpha value is -3.01. The fraction of sp³-hybridized carbons (Fsp3) is 0.458. The number of nitrogens with one attached hydrogen (secondary N) is 2. The first kappa shape index (κ1) is 23.2. The van der Waals surface area contributed by atoms with E-state index in [1.807, 2.05) is 45.0 Å². The van der Waals surface area contributed by atoms with Crippen LogP contribution in [-0.2, 0) is 4.74 Å². The molecular weight excluding hydrogens is 422 g/mol. The minimum absolute atomic E-state index is 0.192. The molecule has 3 aromatic rings. The molecule has 33 heavy (non-hydrogen) atoms. The van der Waals surface area contributed by atoms with Crippen LogP contribution >= 0.6 is 0 Å². The molecule has 0 bridgehead atoms. The molecule has 1 fully saturated rings. The Balaban J connectivity index is 1.72. The highest BCUT2D eigenvalue weighted by Crippen LogP contribution is 2.34. The number of aliphatic hydroxyl groups excluding tert-OH is 1. The highest BCUT2D eigenvalue weighted by Gasteiger charge is 2.23. The summed E-state index contributed by atoms with van der Waals surface area (Å²) in [4.78, 5) is 9.77. The molecule has 4 rings (SSSR count). The van der Waals surface area contributed by atoms with Gasteiger partial charge in [-0.1, -0.05) is 17.3 Å². The summed E-state index contributed by atoms with van der Waals surface area (Å²) in [5, 5.41) is 20.5. The van der Waals surface area contributed by atoms with Crippen LogP contribution in [0.3, 0.4) is 0 Å². The lowest BCUT2D eigenvalue weighted by Crippen LogP contribution is -2.29. The molecule has 1 saturated heterocycles. The van der Waals surface area contributed by atoms with Crippen LogP contribution in [0.1, 0.15) is 23.4 Å². The van der Waals surface area contributed by atoms with Crippen LogP contribution in [0.15, 0.2) is 28.8 Å². The number of anilines is 1. The molecule has 3 heterocycles. The van der Waals surface area contributed by atoms with Gasteiger partial charge in [-0.15, -0.1) is 0 Å². The number of ether oxygens (including phenoxy) is 2. The molecule has 0 radical (unpaired) electrons.